The Labute approximate surface area is 114 Å². The molecule has 0 amide bonds. The zero-order chi connectivity index (χ0) is 13.0. The number of nitriles is 1. The van der Waals surface area contributed by atoms with E-state index in [1.165, 1.54) is 0 Å². The monoisotopic (exact) mass is 302 g/mol. The molecule has 90 valence electrons. The van der Waals surface area contributed by atoms with Gasteiger partial charge < -0.3 is 10.1 Å². The maximum Gasteiger partial charge on any atom is 0.142 e. The van der Waals surface area contributed by atoms with Crippen LogP contribution in [0, 0.1) is 11.3 Å². The predicted octanol–water partition coefficient (Wildman–Crippen LogP) is 4.07. The SMILES string of the molecule is COc1ccccc1Nc1cccc(Br)c1C#N. The Bertz CT molecular complexity index is 605. The molecule has 0 fully saturated rings. The fourth-order valence-electron chi connectivity index (χ4n) is 1.63. The van der Waals surface area contributed by atoms with E-state index in [4.69, 9.17) is 10.00 Å². The molecule has 0 saturated heterocycles. The average Bonchev–Trinajstić information content (AvgIpc) is 2.40. The van der Waals surface area contributed by atoms with Crippen molar-refractivity contribution in [3.8, 4) is 11.8 Å². The second-order valence-electron chi connectivity index (χ2n) is 3.60. The first-order valence-electron chi connectivity index (χ1n) is 5.35. The maximum absolute atomic E-state index is 9.15. The van der Waals surface area contributed by atoms with Gasteiger partial charge in [-0.25, -0.2) is 0 Å². The molecule has 0 bridgehead atoms. The van der Waals surface area contributed by atoms with Crippen LogP contribution < -0.4 is 10.1 Å². The van der Waals surface area contributed by atoms with E-state index in [0.29, 0.717) is 5.56 Å². The summed E-state index contributed by atoms with van der Waals surface area (Å²) >= 11 is 3.36. The van der Waals surface area contributed by atoms with Crippen LogP contribution in [-0.2, 0) is 0 Å². The van der Waals surface area contributed by atoms with Gasteiger partial charge in [0, 0.05) is 4.47 Å². The van der Waals surface area contributed by atoms with Crippen LogP contribution in [0.4, 0.5) is 11.4 Å². The van der Waals surface area contributed by atoms with Crippen molar-refractivity contribution < 1.29 is 4.74 Å². The Morgan fingerprint density at radius 1 is 1.11 bits per heavy atom. The van der Waals surface area contributed by atoms with Crippen molar-refractivity contribution in [3.63, 3.8) is 0 Å². The maximum atomic E-state index is 9.15. The molecule has 0 radical (unpaired) electrons. The Morgan fingerprint density at radius 3 is 2.56 bits per heavy atom. The highest BCUT2D eigenvalue weighted by molar-refractivity contribution is 9.10. The molecule has 3 nitrogen and oxygen atoms in total. The Morgan fingerprint density at radius 2 is 1.83 bits per heavy atom. The highest BCUT2D eigenvalue weighted by atomic mass is 79.9. The lowest BCUT2D eigenvalue weighted by molar-refractivity contribution is 0.417. The third kappa shape index (κ3) is 2.47. The number of rotatable bonds is 3. The van der Waals surface area contributed by atoms with Crippen LogP contribution in [0.5, 0.6) is 5.75 Å². The lowest BCUT2D eigenvalue weighted by atomic mass is 10.2. The summed E-state index contributed by atoms with van der Waals surface area (Å²) in [5.41, 5.74) is 2.15. The molecule has 0 atom stereocenters. The molecule has 0 heterocycles. The van der Waals surface area contributed by atoms with Crippen molar-refractivity contribution in [1.29, 1.82) is 5.26 Å². The number of nitrogens with zero attached hydrogens (tertiary/aromatic N) is 1. The molecule has 0 aromatic heterocycles. The fourth-order valence-corrected chi connectivity index (χ4v) is 2.09. The van der Waals surface area contributed by atoms with E-state index in [1.54, 1.807) is 7.11 Å². The van der Waals surface area contributed by atoms with Gasteiger partial charge in [0.05, 0.1) is 24.0 Å². The number of para-hydroxylation sites is 2. The van der Waals surface area contributed by atoms with Crippen LogP contribution in [0.1, 0.15) is 5.56 Å². The first-order valence-corrected chi connectivity index (χ1v) is 6.14. The smallest absolute Gasteiger partial charge is 0.142 e. The molecule has 2 rings (SSSR count). The lowest BCUT2D eigenvalue weighted by Gasteiger charge is -2.12. The Hall–Kier alpha value is -1.99. The molecule has 0 aliphatic rings. The van der Waals surface area contributed by atoms with Gasteiger partial charge in [0.2, 0.25) is 0 Å². The summed E-state index contributed by atoms with van der Waals surface area (Å²) < 4.78 is 6.03. The van der Waals surface area contributed by atoms with Crippen molar-refractivity contribution in [2.75, 3.05) is 12.4 Å². The Balaban J connectivity index is 2.41. The van der Waals surface area contributed by atoms with Crippen LogP contribution >= 0.6 is 15.9 Å². The quantitative estimate of drug-likeness (QED) is 0.929. The van der Waals surface area contributed by atoms with Gasteiger partial charge in [0.25, 0.3) is 0 Å². The minimum Gasteiger partial charge on any atom is -0.495 e. The van der Waals surface area contributed by atoms with Gasteiger partial charge in [-0.2, -0.15) is 5.26 Å². The van der Waals surface area contributed by atoms with Gasteiger partial charge in [0.1, 0.15) is 11.8 Å². The van der Waals surface area contributed by atoms with Gasteiger partial charge in [0.15, 0.2) is 0 Å². The third-order valence-corrected chi connectivity index (χ3v) is 3.16. The van der Waals surface area contributed by atoms with E-state index in [1.807, 2.05) is 42.5 Å². The number of halogens is 1. The highest BCUT2D eigenvalue weighted by Gasteiger charge is 2.08. The van der Waals surface area contributed by atoms with Crippen molar-refractivity contribution >= 4 is 27.3 Å². The summed E-state index contributed by atoms with van der Waals surface area (Å²) in [6.07, 6.45) is 0. The molecule has 2 aromatic rings. The highest BCUT2D eigenvalue weighted by Crippen LogP contribution is 2.31. The molecular weight excluding hydrogens is 292 g/mol. The summed E-state index contributed by atoms with van der Waals surface area (Å²) in [4.78, 5) is 0. The third-order valence-electron chi connectivity index (χ3n) is 2.50. The van der Waals surface area contributed by atoms with Gasteiger partial charge in [-0.05, 0) is 40.2 Å². The number of methoxy groups -OCH3 is 1. The van der Waals surface area contributed by atoms with Crippen LogP contribution in [0.15, 0.2) is 46.9 Å². The van der Waals surface area contributed by atoms with Crippen LogP contribution in [-0.4, -0.2) is 7.11 Å². The predicted molar refractivity (Wildman–Crippen MR) is 75.1 cm³/mol. The number of benzene rings is 2. The van der Waals surface area contributed by atoms with E-state index in [0.717, 1.165) is 21.6 Å². The standard InChI is InChI=1S/C14H11BrN2O/c1-18-14-8-3-2-6-13(14)17-12-7-4-5-11(15)10(12)9-16/h2-8,17H,1H3. The molecule has 4 heteroatoms. The van der Waals surface area contributed by atoms with Crippen LogP contribution in [0.25, 0.3) is 0 Å². The van der Waals surface area contributed by atoms with Gasteiger partial charge >= 0.3 is 0 Å². The summed E-state index contributed by atoms with van der Waals surface area (Å²) in [6, 6.07) is 15.3. The van der Waals surface area contributed by atoms with Gasteiger partial charge in [-0.3, -0.25) is 0 Å². The number of ether oxygens (including phenoxy) is 1. The molecule has 0 aliphatic carbocycles. The fraction of sp³-hybridized carbons (Fsp3) is 0.0714. The van der Waals surface area contributed by atoms with Crippen molar-refractivity contribution in [1.82, 2.24) is 0 Å². The Kier molecular flexibility index (Phi) is 3.85. The molecule has 0 aliphatic heterocycles. The van der Waals surface area contributed by atoms with Crippen molar-refractivity contribution in [2.24, 2.45) is 0 Å². The van der Waals surface area contributed by atoms with Crippen LogP contribution in [0.2, 0.25) is 0 Å². The van der Waals surface area contributed by atoms with E-state index < -0.39 is 0 Å². The largest absolute Gasteiger partial charge is 0.495 e. The normalized spacial score (nSPS) is 9.61. The summed E-state index contributed by atoms with van der Waals surface area (Å²) in [5.74, 6) is 0.737. The zero-order valence-corrected chi connectivity index (χ0v) is 11.4. The van der Waals surface area contributed by atoms with Crippen molar-refractivity contribution in [3.05, 3.63) is 52.5 Å². The van der Waals surface area contributed by atoms with E-state index >= 15 is 0 Å². The van der Waals surface area contributed by atoms with E-state index in [9.17, 15) is 0 Å². The zero-order valence-electron chi connectivity index (χ0n) is 9.77. The average molecular weight is 303 g/mol. The molecule has 1 N–H and O–H groups in total. The molecule has 2 aromatic carbocycles. The molecular formula is C14H11BrN2O. The minimum atomic E-state index is 0.573. The van der Waals surface area contributed by atoms with Gasteiger partial charge in [-0.1, -0.05) is 18.2 Å². The minimum absolute atomic E-state index is 0.573. The second kappa shape index (κ2) is 5.56. The number of nitrogens with one attached hydrogen (secondary N) is 1. The molecule has 0 unspecified atom stereocenters. The second-order valence-corrected chi connectivity index (χ2v) is 4.45. The van der Waals surface area contributed by atoms with Crippen molar-refractivity contribution in [2.45, 2.75) is 0 Å². The number of hydrogen-bond donors (Lipinski definition) is 1. The number of hydrogen-bond acceptors (Lipinski definition) is 3. The first-order chi connectivity index (χ1) is 8.76. The summed E-state index contributed by atoms with van der Waals surface area (Å²) in [7, 11) is 1.62. The lowest BCUT2D eigenvalue weighted by Crippen LogP contribution is -1.96. The summed E-state index contributed by atoms with van der Waals surface area (Å²) in [6.45, 7) is 0. The van der Waals surface area contributed by atoms with E-state index in [2.05, 4.69) is 27.3 Å². The van der Waals surface area contributed by atoms with Crippen LogP contribution in [0.3, 0.4) is 0 Å². The molecule has 18 heavy (non-hydrogen) atoms. The first kappa shape index (κ1) is 12.5. The topological polar surface area (TPSA) is 45.0 Å². The van der Waals surface area contributed by atoms with E-state index in [-0.39, 0.29) is 0 Å². The molecule has 0 saturated carbocycles. The molecule has 0 spiro atoms. The summed E-state index contributed by atoms with van der Waals surface area (Å²) in [5, 5.41) is 12.4. The number of anilines is 2. The van der Waals surface area contributed by atoms with Gasteiger partial charge in [-0.15, -0.1) is 0 Å².